The number of anilines is 1. The number of hydrogen-bond donors (Lipinski definition) is 0. The van der Waals surface area contributed by atoms with Gasteiger partial charge >= 0.3 is 5.97 Å². The molecule has 2 aromatic heterocycles. The van der Waals surface area contributed by atoms with Crippen molar-refractivity contribution in [3.05, 3.63) is 89.7 Å². The van der Waals surface area contributed by atoms with Crippen LogP contribution in [0, 0.1) is 11.3 Å². The van der Waals surface area contributed by atoms with Gasteiger partial charge in [0.2, 0.25) is 0 Å². The molecule has 0 spiro atoms. The van der Waals surface area contributed by atoms with Crippen LogP contribution in [0.2, 0.25) is 0 Å². The first-order valence-corrected chi connectivity index (χ1v) is 12.1. The second kappa shape index (κ2) is 10.5. The van der Waals surface area contributed by atoms with E-state index in [2.05, 4.69) is 20.9 Å². The molecule has 2 aromatic carbocycles. The predicted molar refractivity (Wildman–Crippen MR) is 140 cm³/mol. The summed E-state index contributed by atoms with van der Waals surface area (Å²) in [6.07, 6.45) is 2.64. The minimum Gasteiger partial charge on any atom is -0.465 e. The largest absolute Gasteiger partial charge is 0.465 e. The van der Waals surface area contributed by atoms with Crippen molar-refractivity contribution in [2.75, 3.05) is 38.2 Å². The number of fused-ring (bicyclic) bond motifs is 1. The zero-order chi connectivity index (χ0) is 24.9. The van der Waals surface area contributed by atoms with Crippen molar-refractivity contribution in [2.24, 2.45) is 0 Å². The average molecular weight is 478 g/mol. The number of pyridine rings is 2. The normalized spacial score (nSPS) is 14.3. The average Bonchev–Trinajstić information content (AvgIpc) is 3.17. The SMILES string of the molecule is COC(=O)c1c(CN2CCCN(c3ncccc3C#N)CC2)nc2ccccc2c1-c1ccccc1. The van der Waals surface area contributed by atoms with Crippen LogP contribution in [0.25, 0.3) is 22.0 Å². The molecule has 5 rings (SSSR count). The lowest BCUT2D eigenvalue weighted by Crippen LogP contribution is -2.32. The summed E-state index contributed by atoms with van der Waals surface area (Å²) in [6, 6.07) is 23.7. The van der Waals surface area contributed by atoms with E-state index in [1.54, 1.807) is 18.3 Å². The molecule has 0 bridgehead atoms. The van der Waals surface area contributed by atoms with Crippen molar-refractivity contribution in [3.8, 4) is 17.2 Å². The molecular weight excluding hydrogens is 450 g/mol. The highest BCUT2D eigenvalue weighted by Crippen LogP contribution is 2.34. The second-order valence-corrected chi connectivity index (χ2v) is 8.79. The summed E-state index contributed by atoms with van der Waals surface area (Å²) in [5.74, 6) is 0.345. The summed E-state index contributed by atoms with van der Waals surface area (Å²) in [4.78, 5) is 27.1. The third-order valence-electron chi connectivity index (χ3n) is 6.59. The highest BCUT2D eigenvalue weighted by molar-refractivity contribution is 6.07. The number of hydrogen-bond acceptors (Lipinski definition) is 7. The van der Waals surface area contributed by atoms with Gasteiger partial charge in [-0.15, -0.1) is 0 Å². The Morgan fingerprint density at radius 1 is 1.00 bits per heavy atom. The maximum atomic E-state index is 13.2. The van der Waals surface area contributed by atoms with Crippen molar-refractivity contribution < 1.29 is 9.53 Å². The molecule has 0 atom stereocenters. The van der Waals surface area contributed by atoms with Crippen molar-refractivity contribution in [3.63, 3.8) is 0 Å². The van der Waals surface area contributed by atoms with Crippen LogP contribution in [0.4, 0.5) is 5.82 Å². The van der Waals surface area contributed by atoms with E-state index in [1.165, 1.54) is 7.11 Å². The number of carbonyl (C=O) groups excluding carboxylic acids is 1. The molecule has 0 amide bonds. The Hall–Kier alpha value is -4.28. The zero-order valence-corrected chi connectivity index (χ0v) is 20.2. The van der Waals surface area contributed by atoms with Crippen molar-refractivity contribution in [2.45, 2.75) is 13.0 Å². The Kier molecular flexibility index (Phi) is 6.87. The highest BCUT2D eigenvalue weighted by Gasteiger charge is 2.25. The van der Waals surface area contributed by atoms with E-state index in [1.807, 2.05) is 54.6 Å². The Morgan fingerprint density at radius 2 is 1.81 bits per heavy atom. The van der Waals surface area contributed by atoms with Gasteiger partial charge in [0.25, 0.3) is 0 Å². The molecule has 4 aromatic rings. The van der Waals surface area contributed by atoms with Gasteiger partial charge in [0.15, 0.2) is 0 Å². The summed E-state index contributed by atoms with van der Waals surface area (Å²) >= 11 is 0. The van der Waals surface area contributed by atoms with Crippen LogP contribution >= 0.6 is 0 Å². The van der Waals surface area contributed by atoms with Crippen LogP contribution in [-0.4, -0.2) is 54.1 Å². The molecule has 1 aliphatic rings. The van der Waals surface area contributed by atoms with Crippen LogP contribution in [0.3, 0.4) is 0 Å². The van der Waals surface area contributed by atoms with Crippen molar-refractivity contribution in [1.29, 1.82) is 5.26 Å². The van der Waals surface area contributed by atoms with Gasteiger partial charge in [0, 0.05) is 49.9 Å². The Morgan fingerprint density at radius 3 is 2.61 bits per heavy atom. The Balaban J connectivity index is 1.51. The number of ether oxygens (including phenoxy) is 1. The quantitative estimate of drug-likeness (QED) is 0.386. The van der Waals surface area contributed by atoms with E-state index in [0.29, 0.717) is 23.4 Å². The maximum Gasteiger partial charge on any atom is 0.340 e. The third kappa shape index (κ3) is 4.64. The number of methoxy groups -OCH3 is 1. The summed E-state index contributed by atoms with van der Waals surface area (Å²) in [5.41, 5.74) is 4.47. The molecule has 0 radical (unpaired) electrons. The maximum absolute atomic E-state index is 13.2. The van der Waals surface area contributed by atoms with Gasteiger partial charge in [-0.25, -0.2) is 9.78 Å². The van der Waals surface area contributed by atoms with E-state index >= 15 is 0 Å². The molecule has 180 valence electrons. The van der Waals surface area contributed by atoms with Gasteiger partial charge in [-0.05, 0) is 30.2 Å². The second-order valence-electron chi connectivity index (χ2n) is 8.79. The lowest BCUT2D eigenvalue weighted by Gasteiger charge is -2.24. The number of nitrogens with zero attached hydrogens (tertiary/aromatic N) is 5. The Bertz CT molecular complexity index is 1430. The first-order valence-electron chi connectivity index (χ1n) is 12.1. The van der Waals surface area contributed by atoms with Crippen LogP contribution in [0.1, 0.15) is 28.0 Å². The first kappa shape index (κ1) is 23.5. The number of carbonyl (C=O) groups is 1. The molecule has 7 heteroatoms. The summed E-state index contributed by atoms with van der Waals surface area (Å²) < 4.78 is 5.26. The molecule has 0 saturated carbocycles. The zero-order valence-electron chi connectivity index (χ0n) is 20.2. The fraction of sp³-hybridized carbons (Fsp3) is 0.241. The molecule has 36 heavy (non-hydrogen) atoms. The molecule has 1 aliphatic heterocycles. The summed E-state index contributed by atoms with van der Waals surface area (Å²) in [7, 11) is 1.42. The highest BCUT2D eigenvalue weighted by atomic mass is 16.5. The fourth-order valence-electron chi connectivity index (χ4n) is 4.89. The molecule has 1 saturated heterocycles. The Labute approximate surface area is 210 Å². The molecule has 7 nitrogen and oxygen atoms in total. The molecule has 3 heterocycles. The van der Waals surface area contributed by atoms with E-state index in [0.717, 1.165) is 60.4 Å². The van der Waals surface area contributed by atoms with E-state index < -0.39 is 0 Å². The number of rotatable bonds is 5. The first-order chi connectivity index (χ1) is 17.7. The van der Waals surface area contributed by atoms with E-state index in [-0.39, 0.29) is 5.97 Å². The predicted octanol–water partition coefficient (Wildman–Crippen LogP) is 4.67. The monoisotopic (exact) mass is 477 g/mol. The summed E-state index contributed by atoms with van der Waals surface area (Å²) in [5, 5.41) is 10.4. The number of aromatic nitrogens is 2. The minimum atomic E-state index is -0.384. The standard InChI is InChI=1S/C29H27N5O2/c1-36-29(35)27-25(32-24-13-6-5-12-23(24)26(27)21-9-3-2-4-10-21)20-33-15-8-16-34(18-17-33)28-22(19-30)11-7-14-31-28/h2-7,9-14H,8,15-18,20H2,1H3. The molecular formula is C29H27N5O2. The number of benzene rings is 2. The van der Waals surface area contributed by atoms with Gasteiger partial charge in [0.1, 0.15) is 11.9 Å². The topological polar surface area (TPSA) is 82.4 Å². The van der Waals surface area contributed by atoms with Gasteiger partial charge in [-0.1, -0.05) is 48.5 Å². The third-order valence-corrected chi connectivity index (χ3v) is 6.59. The van der Waals surface area contributed by atoms with Crippen molar-refractivity contribution in [1.82, 2.24) is 14.9 Å². The minimum absolute atomic E-state index is 0.384. The molecule has 0 aliphatic carbocycles. The van der Waals surface area contributed by atoms with E-state index in [9.17, 15) is 10.1 Å². The van der Waals surface area contributed by atoms with Crippen LogP contribution in [0.5, 0.6) is 0 Å². The van der Waals surface area contributed by atoms with Crippen LogP contribution < -0.4 is 4.90 Å². The fourth-order valence-corrected chi connectivity index (χ4v) is 4.89. The summed E-state index contributed by atoms with van der Waals surface area (Å²) in [6.45, 7) is 3.68. The lowest BCUT2D eigenvalue weighted by atomic mass is 9.94. The molecule has 0 unspecified atom stereocenters. The van der Waals surface area contributed by atoms with Crippen molar-refractivity contribution >= 4 is 22.7 Å². The van der Waals surface area contributed by atoms with Gasteiger partial charge in [-0.3, -0.25) is 9.88 Å². The van der Waals surface area contributed by atoms with Gasteiger partial charge in [0.05, 0.1) is 29.4 Å². The molecule has 1 fully saturated rings. The van der Waals surface area contributed by atoms with Gasteiger partial charge in [-0.2, -0.15) is 5.26 Å². The number of esters is 1. The van der Waals surface area contributed by atoms with Crippen LogP contribution in [-0.2, 0) is 11.3 Å². The van der Waals surface area contributed by atoms with Gasteiger partial charge < -0.3 is 9.64 Å². The number of para-hydroxylation sites is 1. The lowest BCUT2D eigenvalue weighted by molar-refractivity contribution is 0.0598. The number of nitriles is 1. The molecule has 0 N–H and O–H groups in total. The van der Waals surface area contributed by atoms with E-state index in [4.69, 9.17) is 9.72 Å². The van der Waals surface area contributed by atoms with Crippen LogP contribution in [0.15, 0.2) is 72.9 Å². The smallest absolute Gasteiger partial charge is 0.340 e.